The Kier molecular flexibility index (Phi) is 4.50. The van der Waals surface area contributed by atoms with E-state index in [2.05, 4.69) is 15.1 Å². The van der Waals surface area contributed by atoms with Gasteiger partial charge in [0.2, 0.25) is 0 Å². The lowest BCUT2D eigenvalue weighted by Crippen LogP contribution is -2.06. The summed E-state index contributed by atoms with van der Waals surface area (Å²) in [6, 6.07) is 18.4. The van der Waals surface area contributed by atoms with E-state index in [1.807, 2.05) is 42.0 Å². The molecule has 0 unspecified atom stereocenters. The van der Waals surface area contributed by atoms with Gasteiger partial charge in [0.25, 0.3) is 0 Å². The van der Waals surface area contributed by atoms with Crippen molar-refractivity contribution in [1.29, 1.82) is 0 Å². The van der Waals surface area contributed by atoms with Gasteiger partial charge in [-0.1, -0.05) is 24.3 Å². The van der Waals surface area contributed by atoms with Gasteiger partial charge < -0.3 is 15.3 Å². The predicted molar refractivity (Wildman–Crippen MR) is 130 cm³/mol. The molecule has 0 atom stereocenters. The number of aryl methyl sites for hydroxylation is 1. The molecule has 0 spiro atoms. The van der Waals surface area contributed by atoms with Crippen LogP contribution in [-0.4, -0.2) is 24.3 Å². The molecule has 0 aliphatic rings. The summed E-state index contributed by atoms with van der Waals surface area (Å²) < 4.78 is 44.1. The third kappa shape index (κ3) is 3.43. The summed E-state index contributed by atoms with van der Waals surface area (Å²) in [4.78, 5) is 7.63. The Labute approximate surface area is 197 Å². The minimum atomic E-state index is -4.43. The third-order valence-electron chi connectivity index (χ3n) is 6.11. The maximum atomic E-state index is 13.5. The summed E-state index contributed by atoms with van der Waals surface area (Å²) in [7, 11) is 0. The molecule has 0 radical (unpaired) electrons. The Morgan fingerprint density at radius 3 is 2.63 bits per heavy atom. The average molecular weight is 472 g/mol. The van der Waals surface area contributed by atoms with Crippen molar-refractivity contribution < 1.29 is 13.2 Å². The van der Waals surface area contributed by atoms with Gasteiger partial charge in [0.05, 0.1) is 34.0 Å². The Morgan fingerprint density at radius 2 is 1.80 bits per heavy atom. The molecule has 0 amide bonds. The summed E-state index contributed by atoms with van der Waals surface area (Å²) in [5.41, 5.74) is 10.5. The number of aromatic nitrogens is 5. The molecule has 3 heterocycles. The van der Waals surface area contributed by atoms with Crippen LogP contribution in [0, 0.1) is 6.92 Å². The van der Waals surface area contributed by atoms with Crippen LogP contribution in [0.5, 0.6) is 0 Å². The number of hydrogen-bond donors (Lipinski definition) is 2. The first-order valence-corrected chi connectivity index (χ1v) is 10.9. The molecule has 3 aromatic carbocycles. The summed E-state index contributed by atoms with van der Waals surface area (Å²) in [6.45, 7) is 1.89. The number of nitrogens with two attached hydrogens (primary N) is 1. The topological polar surface area (TPSA) is 77.4 Å². The van der Waals surface area contributed by atoms with Gasteiger partial charge in [-0.25, -0.2) is 9.67 Å². The second-order valence-corrected chi connectivity index (χ2v) is 8.35. The number of alkyl halides is 3. The Bertz CT molecular complexity index is 1720. The van der Waals surface area contributed by atoms with Crippen molar-refractivity contribution in [2.75, 3.05) is 5.73 Å². The molecule has 3 N–H and O–H groups in total. The van der Waals surface area contributed by atoms with E-state index in [1.165, 1.54) is 12.1 Å². The summed E-state index contributed by atoms with van der Waals surface area (Å²) in [5.74, 6) is 1.26. The molecular formula is C26H19F3N6. The van der Waals surface area contributed by atoms with E-state index < -0.39 is 11.7 Å². The van der Waals surface area contributed by atoms with Crippen LogP contribution in [-0.2, 0) is 6.18 Å². The maximum absolute atomic E-state index is 13.5. The number of benzene rings is 3. The van der Waals surface area contributed by atoms with Gasteiger partial charge in [-0.2, -0.15) is 18.3 Å². The number of halogens is 3. The lowest BCUT2D eigenvalue weighted by Gasteiger charge is -2.13. The Balaban J connectivity index is 1.41. The van der Waals surface area contributed by atoms with Crippen LogP contribution in [0.3, 0.4) is 0 Å². The first-order valence-electron chi connectivity index (χ1n) is 10.9. The Morgan fingerprint density at radius 1 is 0.971 bits per heavy atom. The Hall–Kier alpha value is -4.53. The van der Waals surface area contributed by atoms with E-state index in [9.17, 15) is 13.2 Å². The molecule has 3 aromatic heterocycles. The van der Waals surface area contributed by atoms with Crippen molar-refractivity contribution >= 4 is 27.8 Å². The van der Waals surface area contributed by atoms with Crippen molar-refractivity contribution in [3.05, 3.63) is 90.5 Å². The van der Waals surface area contributed by atoms with Gasteiger partial charge in [-0.05, 0) is 60.5 Å². The fourth-order valence-corrected chi connectivity index (χ4v) is 4.50. The number of imidazole rings is 1. The average Bonchev–Trinajstić information content (AvgIpc) is 3.53. The number of fused-ring (bicyclic) bond motifs is 2. The van der Waals surface area contributed by atoms with Crippen molar-refractivity contribution in [3.63, 3.8) is 0 Å². The molecule has 6 aromatic rings. The molecule has 0 saturated carbocycles. The fraction of sp³-hybridized carbons (Fsp3) is 0.0769. The molecule has 0 aliphatic carbocycles. The number of hydrogen-bond acceptors (Lipinski definition) is 3. The minimum absolute atomic E-state index is 0.145. The van der Waals surface area contributed by atoms with Crippen molar-refractivity contribution in [2.24, 2.45) is 0 Å². The van der Waals surface area contributed by atoms with Crippen LogP contribution in [0.4, 0.5) is 19.0 Å². The van der Waals surface area contributed by atoms with Crippen molar-refractivity contribution in [1.82, 2.24) is 24.3 Å². The molecule has 0 aliphatic heterocycles. The molecule has 174 valence electrons. The third-order valence-corrected chi connectivity index (χ3v) is 6.11. The first-order chi connectivity index (χ1) is 16.8. The van der Waals surface area contributed by atoms with E-state index in [-0.39, 0.29) is 5.56 Å². The zero-order valence-electron chi connectivity index (χ0n) is 18.5. The highest BCUT2D eigenvalue weighted by molar-refractivity contribution is 5.88. The molecule has 0 bridgehead atoms. The van der Waals surface area contributed by atoms with Gasteiger partial charge in [-0.15, -0.1) is 0 Å². The van der Waals surface area contributed by atoms with Gasteiger partial charge in [0.15, 0.2) is 5.82 Å². The molecular weight excluding hydrogens is 453 g/mol. The minimum Gasteiger partial charge on any atom is -0.382 e. The molecule has 9 heteroatoms. The van der Waals surface area contributed by atoms with Crippen LogP contribution in [0.2, 0.25) is 0 Å². The van der Waals surface area contributed by atoms with Gasteiger partial charge >= 0.3 is 6.18 Å². The van der Waals surface area contributed by atoms with Crippen molar-refractivity contribution in [3.8, 4) is 22.5 Å². The zero-order chi connectivity index (χ0) is 24.3. The van der Waals surface area contributed by atoms with E-state index in [0.717, 1.165) is 39.5 Å². The number of H-pyrrole nitrogens is 1. The molecule has 6 rings (SSSR count). The van der Waals surface area contributed by atoms with Gasteiger partial charge in [0, 0.05) is 11.6 Å². The normalized spacial score (nSPS) is 12.1. The number of aromatic amines is 1. The lowest BCUT2D eigenvalue weighted by molar-refractivity contribution is -0.137. The number of nitrogens with one attached hydrogen (secondary N) is 1. The summed E-state index contributed by atoms with van der Waals surface area (Å²) in [6.07, 6.45) is -0.925. The smallest absolute Gasteiger partial charge is 0.382 e. The van der Waals surface area contributed by atoms with E-state index in [1.54, 1.807) is 35.1 Å². The number of nitrogens with zero attached hydrogens (tertiary/aromatic N) is 4. The number of rotatable bonds is 3. The van der Waals surface area contributed by atoms with Crippen LogP contribution in [0.1, 0.15) is 11.4 Å². The molecule has 0 fully saturated rings. The standard InChI is InChI=1S/C26H19F3N6/c1-15-32-21-8-7-18(13-22(21)33-15)35-25(30)24(14-31-35)34-11-10-17-12-16(6-9-23(17)34)19-4-2-3-5-20(19)26(27,28)29/h2-14H,30H2,1H3,(H,32,33). The van der Waals surface area contributed by atoms with Crippen LogP contribution < -0.4 is 5.73 Å². The van der Waals surface area contributed by atoms with E-state index in [0.29, 0.717) is 17.1 Å². The lowest BCUT2D eigenvalue weighted by atomic mass is 9.98. The van der Waals surface area contributed by atoms with Gasteiger partial charge in [0.1, 0.15) is 11.5 Å². The van der Waals surface area contributed by atoms with E-state index in [4.69, 9.17) is 5.73 Å². The second-order valence-electron chi connectivity index (χ2n) is 8.35. The monoisotopic (exact) mass is 472 g/mol. The number of anilines is 1. The number of nitrogen functional groups attached to an aromatic ring is 1. The van der Waals surface area contributed by atoms with Crippen LogP contribution >= 0.6 is 0 Å². The molecule has 35 heavy (non-hydrogen) atoms. The van der Waals surface area contributed by atoms with E-state index >= 15 is 0 Å². The highest BCUT2D eigenvalue weighted by Crippen LogP contribution is 2.38. The molecule has 6 nitrogen and oxygen atoms in total. The summed E-state index contributed by atoms with van der Waals surface area (Å²) in [5, 5.41) is 5.27. The fourth-order valence-electron chi connectivity index (χ4n) is 4.50. The highest BCUT2D eigenvalue weighted by Gasteiger charge is 2.33. The SMILES string of the molecule is Cc1nc2ccc(-n3ncc(-n4ccc5cc(-c6ccccc6C(F)(F)F)ccc54)c3N)cc2[nH]1. The van der Waals surface area contributed by atoms with Crippen LogP contribution in [0.15, 0.2) is 79.1 Å². The molecule has 0 saturated heterocycles. The zero-order valence-corrected chi connectivity index (χ0v) is 18.5. The van der Waals surface area contributed by atoms with Crippen molar-refractivity contribution in [2.45, 2.75) is 13.1 Å². The largest absolute Gasteiger partial charge is 0.417 e. The van der Waals surface area contributed by atoms with Crippen LogP contribution in [0.25, 0.3) is 44.4 Å². The van der Waals surface area contributed by atoms with Gasteiger partial charge in [-0.3, -0.25) is 0 Å². The second kappa shape index (κ2) is 7.49. The maximum Gasteiger partial charge on any atom is 0.417 e. The summed E-state index contributed by atoms with van der Waals surface area (Å²) >= 11 is 0. The quantitative estimate of drug-likeness (QED) is 0.319. The predicted octanol–water partition coefficient (Wildman–Crippen LogP) is 6.27. The first kappa shape index (κ1) is 21.0. The highest BCUT2D eigenvalue weighted by atomic mass is 19.4.